The van der Waals surface area contributed by atoms with Gasteiger partial charge < -0.3 is 27.2 Å². The lowest BCUT2D eigenvalue weighted by molar-refractivity contribution is -0.142. The molecule has 0 radical (unpaired) electrons. The molecule has 0 aliphatic heterocycles. The third-order valence-electron chi connectivity index (χ3n) is 4.23. The standard InChI is InChI=1S/C19H28N4O5/c1-11(2)16(21)18(26)23-14(10-12-6-4-3-5-7-12)17(25)22-13(19(27)28)8-9-15(20)24/h3-7,11,13-14,16H,8-10,21H2,1-2H3,(H2,20,24)(H,22,25)(H,23,26)(H,27,28)/t13-,14-,16-/m0/s1. The molecule has 0 heterocycles. The van der Waals surface area contributed by atoms with Crippen molar-refractivity contribution in [2.45, 2.75) is 51.2 Å². The number of nitrogens with one attached hydrogen (secondary N) is 2. The molecule has 0 spiro atoms. The number of primary amides is 1. The van der Waals surface area contributed by atoms with E-state index in [-0.39, 0.29) is 25.2 Å². The van der Waals surface area contributed by atoms with Gasteiger partial charge in [0.2, 0.25) is 17.7 Å². The minimum Gasteiger partial charge on any atom is -0.480 e. The van der Waals surface area contributed by atoms with E-state index in [9.17, 15) is 24.3 Å². The second kappa shape index (κ2) is 11.0. The number of nitrogens with two attached hydrogens (primary N) is 2. The van der Waals surface area contributed by atoms with Gasteiger partial charge in [-0.3, -0.25) is 14.4 Å². The van der Waals surface area contributed by atoms with Crippen LogP contribution >= 0.6 is 0 Å². The maximum atomic E-state index is 12.7. The number of benzene rings is 1. The van der Waals surface area contributed by atoms with E-state index in [1.54, 1.807) is 38.1 Å². The molecule has 1 rings (SSSR count). The molecule has 0 saturated heterocycles. The number of carboxylic acid groups (broad SMARTS) is 1. The fraction of sp³-hybridized carbons (Fsp3) is 0.474. The Morgan fingerprint density at radius 2 is 1.57 bits per heavy atom. The Morgan fingerprint density at radius 3 is 2.07 bits per heavy atom. The van der Waals surface area contributed by atoms with E-state index in [1.807, 2.05) is 6.07 Å². The number of hydrogen-bond acceptors (Lipinski definition) is 5. The molecule has 154 valence electrons. The fourth-order valence-corrected chi connectivity index (χ4v) is 2.45. The van der Waals surface area contributed by atoms with Crippen molar-refractivity contribution in [1.82, 2.24) is 10.6 Å². The van der Waals surface area contributed by atoms with Gasteiger partial charge in [0.25, 0.3) is 0 Å². The van der Waals surface area contributed by atoms with Gasteiger partial charge in [0.05, 0.1) is 6.04 Å². The molecular weight excluding hydrogens is 364 g/mol. The van der Waals surface area contributed by atoms with Crippen LogP contribution in [0.5, 0.6) is 0 Å². The zero-order valence-corrected chi connectivity index (χ0v) is 16.1. The molecule has 9 heteroatoms. The predicted molar refractivity (Wildman–Crippen MR) is 103 cm³/mol. The van der Waals surface area contributed by atoms with Crippen LogP contribution in [-0.4, -0.2) is 46.9 Å². The molecule has 0 unspecified atom stereocenters. The summed E-state index contributed by atoms with van der Waals surface area (Å²) in [7, 11) is 0. The maximum Gasteiger partial charge on any atom is 0.326 e. The summed E-state index contributed by atoms with van der Waals surface area (Å²) in [4.78, 5) is 47.3. The van der Waals surface area contributed by atoms with Gasteiger partial charge in [-0.1, -0.05) is 44.2 Å². The van der Waals surface area contributed by atoms with E-state index >= 15 is 0 Å². The van der Waals surface area contributed by atoms with Gasteiger partial charge >= 0.3 is 5.97 Å². The van der Waals surface area contributed by atoms with Crippen molar-refractivity contribution >= 4 is 23.7 Å². The molecule has 0 saturated carbocycles. The van der Waals surface area contributed by atoms with Crippen molar-refractivity contribution in [2.24, 2.45) is 17.4 Å². The number of hydrogen-bond donors (Lipinski definition) is 5. The third kappa shape index (κ3) is 7.75. The molecule has 7 N–H and O–H groups in total. The van der Waals surface area contributed by atoms with Gasteiger partial charge in [0.15, 0.2) is 0 Å². The number of amides is 3. The third-order valence-corrected chi connectivity index (χ3v) is 4.23. The Morgan fingerprint density at radius 1 is 1.00 bits per heavy atom. The van der Waals surface area contributed by atoms with E-state index in [0.717, 1.165) is 5.56 Å². The van der Waals surface area contributed by atoms with Crippen molar-refractivity contribution in [3.63, 3.8) is 0 Å². The first-order chi connectivity index (χ1) is 13.1. The van der Waals surface area contributed by atoms with Gasteiger partial charge in [-0.15, -0.1) is 0 Å². The molecule has 3 atom stereocenters. The fourth-order valence-electron chi connectivity index (χ4n) is 2.45. The zero-order chi connectivity index (χ0) is 21.3. The molecule has 0 aromatic heterocycles. The monoisotopic (exact) mass is 392 g/mol. The number of aliphatic carboxylic acids is 1. The van der Waals surface area contributed by atoms with Crippen LogP contribution in [0.15, 0.2) is 30.3 Å². The molecule has 0 aliphatic carbocycles. The average Bonchev–Trinajstić information content (AvgIpc) is 2.63. The second-order valence-electron chi connectivity index (χ2n) is 6.93. The Bertz CT molecular complexity index is 693. The summed E-state index contributed by atoms with van der Waals surface area (Å²) in [5, 5.41) is 14.2. The Kier molecular flexibility index (Phi) is 9.10. The Labute approximate surface area is 163 Å². The summed E-state index contributed by atoms with van der Waals surface area (Å²) in [6, 6.07) is 5.85. The first-order valence-electron chi connectivity index (χ1n) is 9.03. The minimum absolute atomic E-state index is 0.136. The summed E-state index contributed by atoms with van der Waals surface area (Å²) >= 11 is 0. The number of carboxylic acids is 1. The lowest BCUT2D eigenvalue weighted by Gasteiger charge is -2.24. The van der Waals surface area contributed by atoms with Crippen molar-refractivity contribution in [1.29, 1.82) is 0 Å². The quantitative estimate of drug-likeness (QED) is 0.342. The first kappa shape index (κ1) is 23.1. The van der Waals surface area contributed by atoms with Crippen LogP contribution < -0.4 is 22.1 Å². The second-order valence-corrected chi connectivity index (χ2v) is 6.93. The smallest absolute Gasteiger partial charge is 0.326 e. The van der Waals surface area contributed by atoms with Gasteiger partial charge in [-0.2, -0.15) is 0 Å². The van der Waals surface area contributed by atoms with E-state index in [4.69, 9.17) is 11.5 Å². The summed E-state index contributed by atoms with van der Waals surface area (Å²) in [6.45, 7) is 3.56. The molecule has 1 aromatic carbocycles. The van der Waals surface area contributed by atoms with E-state index in [1.165, 1.54) is 0 Å². The molecule has 1 aromatic rings. The Balaban J connectivity index is 2.94. The van der Waals surface area contributed by atoms with Crippen LogP contribution in [0.3, 0.4) is 0 Å². The molecule has 9 nitrogen and oxygen atoms in total. The molecule has 0 aliphatic rings. The van der Waals surface area contributed by atoms with E-state index < -0.39 is 41.8 Å². The average molecular weight is 392 g/mol. The maximum absolute atomic E-state index is 12.7. The lowest BCUT2D eigenvalue weighted by atomic mass is 10.0. The number of carbonyl (C=O) groups is 4. The van der Waals surface area contributed by atoms with Gasteiger partial charge in [0.1, 0.15) is 12.1 Å². The largest absolute Gasteiger partial charge is 0.480 e. The Hall–Kier alpha value is -2.94. The normalized spacial score (nSPS) is 14.0. The summed E-state index contributed by atoms with van der Waals surface area (Å²) in [5.41, 5.74) is 11.7. The summed E-state index contributed by atoms with van der Waals surface area (Å²) in [6.07, 6.45) is -0.176. The van der Waals surface area contributed by atoms with Crippen molar-refractivity contribution in [3.8, 4) is 0 Å². The SMILES string of the molecule is CC(C)[C@H](N)C(=O)N[C@@H](Cc1ccccc1)C(=O)N[C@@H](CCC(N)=O)C(=O)O. The van der Waals surface area contributed by atoms with Crippen LogP contribution in [0, 0.1) is 5.92 Å². The topological polar surface area (TPSA) is 165 Å². The van der Waals surface area contributed by atoms with Crippen molar-refractivity contribution in [2.75, 3.05) is 0 Å². The van der Waals surface area contributed by atoms with Gasteiger partial charge in [0, 0.05) is 12.8 Å². The predicted octanol–water partition coefficient (Wildman–Crippen LogP) is -0.468. The number of rotatable bonds is 11. The lowest BCUT2D eigenvalue weighted by Crippen LogP contribution is -2.56. The van der Waals surface area contributed by atoms with Crippen molar-refractivity contribution < 1.29 is 24.3 Å². The molecule has 0 bridgehead atoms. The molecular formula is C19H28N4O5. The van der Waals surface area contributed by atoms with Crippen LogP contribution in [0.4, 0.5) is 0 Å². The zero-order valence-electron chi connectivity index (χ0n) is 16.1. The highest BCUT2D eigenvalue weighted by Gasteiger charge is 2.29. The molecule has 28 heavy (non-hydrogen) atoms. The van der Waals surface area contributed by atoms with E-state index in [2.05, 4.69) is 10.6 Å². The van der Waals surface area contributed by atoms with Crippen LogP contribution in [0.1, 0.15) is 32.3 Å². The molecule has 3 amide bonds. The van der Waals surface area contributed by atoms with Crippen LogP contribution in [-0.2, 0) is 25.6 Å². The minimum atomic E-state index is -1.30. The van der Waals surface area contributed by atoms with E-state index in [0.29, 0.717) is 0 Å². The molecule has 0 fully saturated rings. The van der Waals surface area contributed by atoms with Crippen molar-refractivity contribution in [3.05, 3.63) is 35.9 Å². The highest BCUT2D eigenvalue weighted by molar-refractivity contribution is 5.92. The highest BCUT2D eigenvalue weighted by Crippen LogP contribution is 2.07. The first-order valence-corrected chi connectivity index (χ1v) is 9.03. The van der Waals surface area contributed by atoms with Crippen LogP contribution in [0.25, 0.3) is 0 Å². The highest BCUT2D eigenvalue weighted by atomic mass is 16.4. The van der Waals surface area contributed by atoms with Crippen LogP contribution in [0.2, 0.25) is 0 Å². The number of carbonyl (C=O) groups excluding carboxylic acids is 3. The summed E-state index contributed by atoms with van der Waals surface area (Å²) < 4.78 is 0. The summed E-state index contributed by atoms with van der Waals surface area (Å²) in [5.74, 6) is -3.28. The van der Waals surface area contributed by atoms with Gasteiger partial charge in [-0.05, 0) is 17.9 Å². The van der Waals surface area contributed by atoms with Gasteiger partial charge in [-0.25, -0.2) is 4.79 Å².